The van der Waals surface area contributed by atoms with Crippen molar-refractivity contribution in [1.82, 2.24) is 19.7 Å². The molecule has 1 aromatic carbocycles. The zero-order chi connectivity index (χ0) is 19.2. The molecule has 0 unspecified atom stereocenters. The second-order valence-corrected chi connectivity index (χ2v) is 7.86. The first-order valence-electron chi connectivity index (χ1n) is 9.28. The quantitative estimate of drug-likeness (QED) is 0.537. The summed E-state index contributed by atoms with van der Waals surface area (Å²) in [6, 6.07) is 7.72. The van der Waals surface area contributed by atoms with Crippen LogP contribution in [0.2, 0.25) is 0 Å². The average Bonchev–Trinajstić information content (AvgIpc) is 3.10. The standard InChI is InChI=1S/C20H26N4O2S/c1-4-12-24-18(16-10-6-7-11-17(16)26-3)21-22-20(24)27-15(2)19(25)23-13-8-5-9-14-23/h4,6-7,10-11,15H,1,5,8-9,12-14H2,2-3H3/t15-/m1/s1. The minimum Gasteiger partial charge on any atom is -0.496 e. The fourth-order valence-corrected chi connectivity index (χ4v) is 4.22. The number of benzene rings is 1. The number of carbonyl (C=O) groups is 1. The van der Waals surface area contributed by atoms with E-state index < -0.39 is 0 Å². The number of hydrogen-bond acceptors (Lipinski definition) is 5. The van der Waals surface area contributed by atoms with E-state index in [2.05, 4.69) is 16.8 Å². The zero-order valence-electron chi connectivity index (χ0n) is 15.9. The summed E-state index contributed by atoms with van der Waals surface area (Å²) >= 11 is 1.45. The summed E-state index contributed by atoms with van der Waals surface area (Å²) in [7, 11) is 1.64. The number of likely N-dealkylation sites (tertiary alicyclic amines) is 1. The van der Waals surface area contributed by atoms with Gasteiger partial charge in [0.2, 0.25) is 5.91 Å². The van der Waals surface area contributed by atoms with Gasteiger partial charge in [0.05, 0.1) is 17.9 Å². The van der Waals surface area contributed by atoms with Crippen molar-refractivity contribution in [2.75, 3.05) is 20.2 Å². The second kappa shape index (κ2) is 9.08. The van der Waals surface area contributed by atoms with E-state index in [1.54, 1.807) is 7.11 Å². The van der Waals surface area contributed by atoms with Crippen molar-refractivity contribution in [1.29, 1.82) is 0 Å². The molecule has 1 aliphatic rings. The van der Waals surface area contributed by atoms with E-state index in [4.69, 9.17) is 4.74 Å². The van der Waals surface area contributed by atoms with E-state index in [1.807, 2.05) is 46.7 Å². The lowest BCUT2D eigenvalue weighted by Crippen LogP contribution is -2.40. The van der Waals surface area contributed by atoms with Crippen LogP contribution < -0.4 is 4.74 Å². The third kappa shape index (κ3) is 4.35. The van der Waals surface area contributed by atoms with Gasteiger partial charge in [0.1, 0.15) is 5.75 Å². The molecule has 0 saturated carbocycles. The number of allylic oxidation sites excluding steroid dienone is 1. The largest absolute Gasteiger partial charge is 0.496 e. The summed E-state index contributed by atoms with van der Waals surface area (Å²) in [4.78, 5) is 14.7. The molecular formula is C20H26N4O2S. The number of ether oxygens (including phenoxy) is 1. The smallest absolute Gasteiger partial charge is 0.235 e. The lowest BCUT2D eigenvalue weighted by molar-refractivity contribution is -0.131. The molecule has 7 heteroatoms. The molecule has 3 rings (SSSR count). The van der Waals surface area contributed by atoms with Crippen molar-refractivity contribution in [3.05, 3.63) is 36.9 Å². The number of hydrogen-bond donors (Lipinski definition) is 0. The molecule has 0 spiro atoms. The maximum atomic E-state index is 12.8. The molecule has 1 fully saturated rings. The Morgan fingerprint density at radius 1 is 1.30 bits per heavy atom. The van der Waals surface area contributed by atoms with Gasteiger partial charge in [-0.3, -0.25) is 9.36 Å². The number of thioether (sulfide) groups is 1. The van der Waals surface area contributed by atoms with Crippen LogP contribution in [0.5, 0.6) is 5.75 Å². The summed E-state index contributed by atoms with van der Waals surface area (Å²) < 4.78 is 7.45. The van der Waals surface area contributed by atoms with Crippen LogP contribution in [-0.2, 0) is 11.3 Å². The van der Waals surface area contributed by atoms with Gasteiger partial charge in [-0.1, -0.05) is 30.0 Å². The van der Waals surface area contributed by atoms with Crippen LogP contribution in [0, 0.1) is 0 Å². The van der Waals surface area contributed by atoms with Crippen molar-refractivity contribution < 1.29 is 9.53 Å². The molecule has 1 saturated heterocycles. The summed E-state index contributed by atoms with van der Waals surface area (Å²) in [5.41, 5.74) is 0.871. The Bertz CT molecular complexity index is 799. The number of rotatable bonds is 7. The second-order valence-electron chi connectivity index (χ2n) is 6.55. The lowest BCUT2D eigenvalue weighted by atomic mass is 10.1. The van der Waals surface area contributed by atoms with Gasteiger partial charge in [-0.25, -0.2) is 0 Å². The van der Waals surface area contributed by atoms with Crippen LogP contribution in [-0.4, -0.2) is 51.0 Å². The third-order valence-corrected chi connectivity index (χ3v) is 5.74. The Morgan fingerprint density at radius 3 is 2.74 bits per heavy atom. The highest BCUT2D eigenvalue weighted by atomic mass is 32.2. The summed E-state index contributed by atoms with van der Waals surface area (Å²) in [6.07, 6.45) is 5.20. The van der Waals surface area contributed by atoms with Gasteiger partial charge < -0.3 is 9.64 Å². The highest BCUT2D eigenvalue weighted by Crippen LogP contribution is 2.32. The molecule has 0 radical (unpaired) electrons. The van der Waals surface area contributed by atoms with E-state index in [0.29, 0.717) is 17.5 Å². The molecular weight excluding hydrogens is 360 g/mol. The highest BCUT2D eigenvalue weighted by Gasteiger charge is 2.26. The number of carbonyl (C=O) groups excluding carboxylic acids is 1. The van der Waals surface area contributed by atoms with Gasteiger partial charge in [-0.05, 0) is 38.3 Å². The van der Waals surface area contributed by atoms with Crippen LogP contribution in [0.1, 0.15) is 26.2 Å². The van der Waals surface area contributed by atoms with E-state index in [-0.39, 0.29) is 11.2 Å². The van der Waals surface area contributed by atoms with Crippen molar-refractivity contribution in [3.8, 4) is 17.1 Å². The average molecular weight is 387 g/mol. The van der Waals surface area contributed by atoms with E-state index in [9.17, 15) is 4.79 Å². The van der Waals surface area contributed by atoms with Gasteiger partial charge >= 0.3 is 0 Å². The van der Waals surface area contributed by atoms with Crippen LogP contribution in [0.3, 0.4) is 0 Å². The van der Waals surface area contributed by atoms with Crippen LogP contribution in [0.4, 0.5) is 0 Å². The van der Waals surface area contributed by atoms with Gasteiger partial charge in [-0.15, -0.1) is 16.8 Å². The Hall–Kier alpha value is -2.28. The monoisotopic (exact) mass is 386 g/mol. The summed E-state index contributed by atoms with van der Waals surface area (Å²) in [6.45, 7) is 8.07. The molecule has 2 aromatic rings. The van der Waals surface area contributed by atoms with Gasteiger partial charge in [0.25, 0.3) is 0 Å². The minimum atomic E-state index is -0.207. The first-order chi connectivity index (χ1) is 13.2. The molecule has 0 bridgehead atoms. The SMILES string of the molecule is C=CCn1c(S[C@H](C)C(=O)N2CCCCC2)nnc1-c1ccccc1OC. The first-order valence-corrected chi connectivity index (χ1v) is 10.2. The number of piperidine rings is 1. The first kappa shape index (κ1) is 19.5. The molecule has 27 heavy (non-hydrogen) atoms. The maximum absolute atomic E-state index is 12.8. The Balaban J connectivity index is 1.84. The number of aromatic nitrogens is 3. The topological polar surface area (TPSA) is 60.2 Å². The van der Waals surface area contributed by atoms with Gasteiger partial charge in [0.15, 0.2) is 11.0 Å². The molecule has 144 valence electrons. The van der Waals surface area contributed by atoms with Crippen molar-refractivity contribution in [3.63, 3.8) is 0 Å². The van der Waals surface area contributed by atoms with Crippen molar-refractivity contribution in [2.45, 2.75) is 43.1 Å². The molecule has 1 atom stereocenters. The lowest BCUT2D eigenvalue weighted by Gasteiger charge is -2.28. The molecule has 0 N–H and O–H groups in total. The predicted molar refractivity (Wildman–Crippen MR) is 108 cm³/mol. The molecule has 0 aliphatic carbocycles. The van der Waals surface area contributed by atoms with Gasteiger partial charge in [-0.2, -0.15) is 0 Å². The van der Waals surface area contributed by atoms with Gasteiger partial charge in [0, 0.05) is 19.6 Å². The van der Waals surface area contributed by atoms with Crippen molar-refractivity contribution >= 4 is 17.7 Å². The Labute approximate surface area is 164 Å². The van der Waals surface area contributed by atoms with Crippen LogP contribution in [0.25, 0.3) is 11.4 Å². The van der Waals surface area contributed by atoms with E-state index in [1.165, 1.54) is 18.2 Å². The minimum absolute atomic E-state index is 0.173. The van der Waals surface area contributed by atoms with Crippen molar-refractivity contribution in [2.24, 2.45) is 0 Å². The normalized spacial score (nSPS) is 15.4. The Kier molecular flexibility index (Phi) is 6.55. The predicted octanol–water partition coefficient (Wildman–Crippen LogP) is 3.63. The molecule has 6 nitrogen and oxygen atoms in total. The van der Waals surface area contributed by atoms with Crippen LogP contribution in [0.15, 0.2) is 42.1 Å². The van der Waals surface area contributed by atoms with Crippen LogP contribution >= 0.6 is 11.8 Å². The van der Waals surface area contributed by atoms with E-state index in [0.717, 1.165) is 37.2 Å². The molecule has 2 heterocycles. The molecule has 1 aromatic heterocycles. The zero-order valence-corrected chi connectivity index (χ0v) is 16.7. The van der Waals surface area contributed by atoms with E-state index >= 15 is 0 Å². The fourth-order valence-electron chi connectivity index (χ4n) is 3.28. The third-order valence-electron chi connectivity index (χ3n) is 4.67. The number of para-hydroxylation sites is 1. The maximum Gasteiger partial charge on any atom is 0.235 e. The summed E-state index contributed by atoms with van der Waals surface area (Å²) in [5.74, 6) is 1.63. The number of amides is 1. The highest BCUT2D eigenvalue weighted by molar-refractivity contribution is 8.00. The molecule has 1 aliphatic heterocycles. The fraction of sp³-hybridized carbons (Fsp3) is 0.450. The number of methoxy groups -OCH3 is 1. The Morgan fingerprint density at radius 2 is 2.04 bits per heavy atom. The number of nitrogens with zero attached hydrogens (tertiary/aromatic N) is 4. The molecule has 1 amide bonds. The summed E-state index contributed by atoms with van der Waals surface area (Å²) in [5, 5.41) is 9.24.